The fourth-order valence-electron chi connectivity index (χ4n) is 2.15. The van der Waals surface area contributed by atoms with Gasteiger partial charge < -0.3 is 20.6 Å². The Bertz CT molecular complexity index is 855. The number of carbonyl (C=O) groups is 3. The number of benzene rings is 2. The Hall–Kier alpha value is -3.61. The lowest BCUT2D eigenvalue weighted by Gasteiger charge is -2.04. The second-order valence-corrected chi connectivity index (χ2v) is 5.44. The second kappa shape index (κ2) is 8.48. The molecule has 0 heterocycles. The van der Waals surface area contributed by atoms with Gasteiger partial charge in [0.25, 0.3) is 5.91 Å². The fourth-order valence-corrected chi connectivity index (χ4v) is 2.15. The maximum Gasteiger partial charge on any atom is 0.339 e. The van der Waals surface area contributed by atoms with E-state index in [0.717, 1.165) is 5.56 Å². The van der Waals surface area contributed by atoms with Crippen molar-refractivity contribution in [2.75, 3.05) is 6.54 Å². The van der Waals surface area contributed by atoms with Gasteiger partial charge in [0.05, 0.1) is 6.42 Å². The van der Waals surface area contributed by atoms with Crippen LogP contribution in [0, 0.1) is 0 Å². The zero-order valence-corrected chi connectivity index (χ0v) is 13.7. The molecule has 0 aliphatic heterocycles. The number of aliphatic carboxylic acids is 1. The van der Waals surface area contributed by atoms with Gasteiger partial charge in [0.1, 0.15) is 11.3 Å². The molecule has 26 heavy (non-hydrogen) atoms. The second-order valence-electron chi connectivity index (χ2n) is 5.44. The van der Waals surface area contributed by atoms with E-state index in [2.05, 4.69) is 5.32 Å². The topological polar surface area (TPSA) is 124 Å². The molecular weight excluding hydrogens is 338 g/mol. The van der Waals surface area contributed by atoms with E-state index in [9.17, 15) is 19.5 Å². The summed E-state index contributed by atoms with van der Waals surface area (Å²) in [6.45, 7) is 0.0581. The van der Waals surface area contributed by atoms with Crippen LogP contribution in [0.2, 0.25) is 0 Å². The van der Waals surface area contributed by atoms with Crippen molar-refractivity contribution in [1.82, 2.24) is 5.32 Å². The predicted molar refractivity (Wildman–Crippen MR) is 95.0 cm³/mol. The van der Waals surface area contributed by atoms with E-state index in [1.807, 2.05) is 0 Å². The quantitative estimate of drug-likeness (QED) is 0.566. The van der Waals surface area contributed by atoms with Gasteiger partial charge in [-0.2, -0.15) is 0 Å². The first-order valence-electron chi connectivity index (χ1n) is 7.71. The lowest BCUT2D eigenvalue weighted by atomic mass is 10.1. The molecule has 0 atom stereocenters. The average Bonchev–Trinajstić information content (AvgIpc) is 2.60. The number of phenols is 1. The molecule has 0 bridgehead atoms. The van der Waals surface area contributed by atoms with Crippen molar-refractivity contribution in [2.45, 2.75) is 6.42 Å². The molecule has 1 amide bonds. The lowest BCUT2D eigenvalue weighted by molar-refractivity contribution is -0.136. The van der Waals surface area contributed by atoms with Gasteiger partial charge in [0, 0.05) is 12.1 Å². The molecule has 2 aromatic rings. The number of nitrogens with one attached hydrogen (secondary N) is 1. The Labute approximate surface area is 149 Å². The molecule has 134 valence electrons. The van der Waals surface area contributed by atoms with Crippen molar-refractivity contribution in [3.05, 3.63) is 64.7 Å². The number of hydrogen-bond donors (Lipinski definition) is 4. The van der Waals surface area contributed by atoms with E-state index in [-0.39, 0.29) is 30.2 Å². The first-order valence-corrected chi connectivity index (χ1v) is 7.71. The Morgan fingerprint density at radius 1 is 0.923 bits per heavy atom. The Balaban J connectivity index is 2.04. The SMILES string of the molecule is O=C(O)CCNC(=O)c1ccc(/C=C/c2ccc(O)c(C(=O)O)c2)cc1. The van der Waals surface area contributed by atoms with Crippen LogP contribution in [0.4, 0.5) is 0 Å². The maximum absolute atomic E-state index is 11.8. The molecule has 0 saturated heterocycles. The third-order valence-electron chi connectivity index (χ3n) is 3.52. The lowest BCUT2D eigenvalue weighted by Crippen LogP contribution is -2.25. The number of carbonyl (C=O) groups excluding carboxylic acids is 1. The van der Waals surface area contributed by atoms with E-state index in [4.69, 9.17) is 10.2 Å². The Morgan fingerprint density at radius 2 is 1.54 bits per heavy atom. The highest BCUT2D eigenvalue weighted by Gasteiger charge is 2.09. The van der Waals surface area contributed by atoms with Crippen molar-refractivity contribution < 1.29 is 29.7 Å². The number of hydrogen-bond acceptors (Lipinski definition) is 4. The third-order valence-corrected chi connectivity index (χ3v) is 3.52. The summed E-state index contributed by atoms with van der Waals surface area (Å²) in [4.78, 5) is 33.3. The summed E-state index contributed by atoms with van der Waals surface area (Å²) in [7, 11) is 0. The van der Waals surface area contributed by atoms with Gasteiger partial charge >= 0.3 is 11.9 Å². The number of amides is 1. The summed E-state index contributed by atoms with van der Waals surface area (Å²) < 4.78 is 0. The van der Waals surface area contributed by atoms with Gasteiger partial charge in [-0.15, -0.1) is 0 Å². The van der Waals surface area contributed by atoms with E-state index in [1.165, 1.54) is 12.1 Å². The Kier molecular flexibility index (Phi) is 6.10. The van der Waals surface area contributed by atoms with Crippen molar-refractivity contribution in [3.8, 4) is 5.75 Å². The molecule has 2 aromatic carbocycles. The molecule has 7 heteroatoms. The minimum Gasteiger partial charge on any atom is -0.507 e. The van der Waals surface area contributed by atoms with Crippen molar-refractivity contribution in [1.29, 1.82) is 0 Å². The van der Waals surface area contributed by atoms with Gasteiger partial charge in [-0.1, -0.05) is 30.4 Å². The van der Waals surface area contributed by atoms with Crippen LogP contribution in [-0.2, 0) is 4.79 Å². The van der Waals surface area contributed by atoms with Crippen LogP contribution < -0.4 is 5.32 Å². The van der Waals surface area contributed by atoms with Crippen LogP contribution in [0.25, 0.3) is 12.2 Å². The molecule has 2 rings (SSSR count). The largest absolute Gasteiger partial charge is 0.507 e. The summed E-state index contributed by atoms with van der Waals surface area (Å²) >= 11 is 0. The van der Waals surface area contributed by atoms with E-state index >= 15 is 0 Å². The highest BCUT2D eigenvalue weighted by Crippen LogP contribution is 2.20. The number of aromatic carboxylic acids is 1. The first kappa shape index (κ1) is 18.7. The van der Waals surface area contributed by atoms with Crippen LogP contribution in [-0.4, -0.2) is 39.7 Å². The normalized spacial score (nSPS) is 10.6. The zero-order valence-electron chi connectivity index (χ0n) is 13.7. The minimum atomic E-state index is -1.21. The van der Waals surface area contributed by atoms with Crippen LogP contribution in [0.15, 0.2) is 42.5 Å². The van der Waals surface area contributed by atoms with Crippen LogP contribution in [0.1, 0.15) is 38.3 Å². The molecule has 0 spiro atoms. The average molecular weight is 355 g/mol. The standard InChI is InChI=1S/C19H17NO6/c21-16-8-5-13(11-15(16)19(25)26)2-1-12-3-6-14(7-4-12)18(24)20-10-9-17(22)23/h1-8,11,21H,9-10H2,(H,20,24)(H,22,23)(H,25,26)/b2-1+. The molecule has 0 saturated carbocycles. The summed E-state index contributed by atoms with van der Waals surface area (Å²) in [5.74, 6) is -2.85. The van der Waals surface area contributed by atoms with Crippen LogP contribution in [0.5, 0.6) is 5.75 Å². The van der Waals surface area contributed by atoms with Crippen molar-refractivity contribution in [2.24, 2.45) is 0 Å². The van der Waals surface area contributed by atoms with Gasteiger partial charge in [0.2, 0.25) is 0 Å². The molecule has 0 unspecified atom stereocenters. The van der Waals surface area contributed by atoms with E-state index < -0.39 is 11.9 Å². The monoisotopic (exact) mass is 355 g/mol. The van der Waals surface area contributed by atoms with Crippen molar-refractivity contribution >= 4 is 30.0 Å². The maximum atomic E-state index is 11.8. The fraction of sp³-hybridized carbons (Fsp3) is 0.105. The van der Waals surface area contributed by atoms with Gasteiger partial charge in [-0.25, -0.2) is 4.79 Å². The Morgan fingerprint density at radius 3 is 2.15 bits per heavy atom. The zero-order chi connectivity index (χ0) is 19.1. The summed E-state index contributed by atoms with van der Waals surface area (Å²) in [5.41, 5.74) is 1.62. The summed E-state index contributed by atoms with van der Waals surface area (Å²) in [6.07, 6.45) is 3.29. The number of aromatic hydroxyl groups is 1. The summed E-state index contributed by atoms with van der Waals surface area (Å²) in [5, 5.41) is 29.5. The third kappa shape index (κ3) is 5.20. The highest BCUT2D eigenvalue weighted by molar-refractivity contribution is 5.94. The van der Waals surface area contributed by atoms with E-state index in [1.54, 1.807) is 42.5 Å². The van der Waals surface area contributed by atoms with Gasteiger partial charge in [-0.3, -0.25) is 9.59 Å². The number of carboxylic acids is 2. The van der Waals surface area contributed by atoms with E-state index in [0.29, 0.717) is 11.1 Å². The molecular formula is C19H17NO6. The molecule has 0 aliphatic carbocycles. The molecule has 0 aromatic heterocycles. The van der Waals surface area contributed by atoms with Crippen molar-refractivity contribution in [3.63, 3.8) is 0 Å². The molecule has 0 aliphatic rings. The van der Waals surface area contributed by atoms with Gasteiger partial charge in [-0.05, 0) is 35.4 Å². The minimum absolute atomic E-state index is 0.0581. The molecule has 0 radical (unpaired) electrons. The van der Waals surface area contributed by atoms with Gasteiger partial charge in [0.15, 0.2) is 0 Å². The smallest absolute Gasteiger partial charge is 0.339 e. The molecule has 7 nitrogen and oxygen atoms in total. The highest BCUT2D eigenvalue weighted by atomic mass is 16.4. The predicted octanol–water partition coefficient (Wildman–Crippen LogP) is 2.47. The number of carboxylic acid groups (broad SMARTS) is 2. The summed E-state index contributed by atoms with van der Waals surface area (Å²) in [6, 6.07) is 10.9. The van der Waals surface area contributed by atoms with Crippen LogP contribution in [0.3, 0.4) is 0 Å². The molecule has 4 N–H and O–H groups in total. The number of rotatable bonds is 7. The molecule has 0 fully saturated rings. The van der Waals surface area contributed by atoms with Crippen LogP contribution >= 0.6 is 0 Å². The first-order chi connectivity index (χ1) is 12.4.